The first-order valence-corrected chi connectivity index (χ1v) is 10.7. The Balaban J connectivity index is 1.76. The van der Waals surface area contributed by atoms with E-state index in [1.165, 1.54) is 16.7 Å². The van der Waals surface area contributed by atoms with E-state index in [1.807, 2.05) is 0 Å². The molecule has 3 aromatic rings. The van der Waals surface area contributed by atoms with E-state index in [9.17, 15) is 5.11 Å². The Morgan fingerprint density at radius 2 is 1.93 bits per heavy atom. The van der Waals surface area contributed by atoms with Crippen LogP contribution in [-0.4, -0.2) is 21.6 Å². The van der Waals surface area contributed by atoms with Gasteiger partial charge in [-0.3, -0.25) is 0 Å². The zero-order valence-electron chi connectivity index (χ0n) is 18.2. The predicted molar refractivity (Wildman–Crippen MR) is 122 cm³/mol. The zero-order chi connectivity index (χ0) is 21.3. The molecule has 1 aromatic heterocycles. The number of aryl methyl sites for hydroxylation is 3. The first-order chi connectivity index (χ1) is 14.5. The van der Waals surface area contributed by atoms with Gasteiger partial charge in [0.15, 0.2) is 0 Å². The summed E-state index contributed by atoms with van der Waals surface area (Å²) in [6.45, 7) is 9.27. The lowest BCUT2D eigenvalue weighted by atomic mass is 9.93. The van der Waals surface area contributed by atoms with E-state index in [-0.39, 0.29) is 12.6 Å². The topological polar surface area (TPSA) is 61.3 Å². The van der Waals surface area contributed by atoms with E-state index in [1.54, 1.807) is 0 Å². The second-order valence-electron chi connectivity index (χ2n) is 8.07. The lowest BCUT2D eigenvalue weighted by molar-refractivity contribution is 0.279. The number of anilines is 3. The molecule has 1 unspecified atom stereocenters. The van der Waals surface area contributed by atoms with Gasteiger partial charge in [0.05, 0.1) is 18.3 Å². The van der Waals surface area contributed by atoms with Gasteiger partial charge in [-0.1, -0.05) is 48.9 Å². The number of hydrogen-bond donors (Lipinski definition) is 2. The minimum absolute atomic E-state index is 0.0623. The maximum Gasteiger partial charge on any atom is 0.229 e. The van der Waals surface area contributed by atoms with E-state index >= 15 is 0 Å². The first-order valence-electron chi connectivity index (χ1n) is 10.7. The first kappa shape index (κ1) is 20.4. The Labute approximate surface area is 178 Å². The molecule has 1 aliphatic rings. The molecule has 1 aliphatic heterocycles. The summed E-state index contributed by atoms with van der Waals surface area (Å²) < 4.78 is 0. The van der Waals surface area contributed by atoms with E-state index in [0.717, 1.165) is 47.7 Å². The molecule has 0 amide bonds. The number of aliphatic hydroxyl groups excluding tert-OH is 1. The lowest BCUT2D eigenvalue weighted by Crippen LogP contribution is -2.35. The zero-order valence-corrected chi connectivity index (χ0v) is 18.2. The Morgan fingerprint density at radius 1 is 1.13 bits per heavy atom. The average molecular weight is 403 g/mol. The average Bonchev–Trinajstić information content (AvgIpc) is 2.75. The van der Waals surface area contributed by atoms with Gasteiger partial charge in [-0.25, -0.2) is 4.98 Å². The second kappa shape index (κ2) is 8.44. The van der Waals surface area contributed by atoms with Crippen LogP contribution in [-0.2, 0) is 19.4 Å². The molecular weight excluding hydrogens is 372 g/mol. The molecule has 0 bridgehead atoms. The summed E-state index contributed by atoms with van der Waals surface area (Å²) in [5, 5.41) is 13.6. The molecule has 156 valence electrons. The maximum absolute atomic E-state index is 10.2. The van der Waals surface area contributed by atoms with Crippen LogP contribution in [0, 0.1) is 13.8 Å². The maximum atomic E-state index is 10.2. The van der Waals surface area contributed by atoms with Crippen LogP contribution in [0.25, 0.3) is 0 Å². The fourth-order valence-corrected chi connectivity index (χ4v) is 4.40. The fourth-order valence-electron chi connectivity index (χ4n) is 4.40. The Bertz CT molecular complexity index is 1060. The van der Waals surface area contributed by atoms with Crippen LogP contribution < -0.4 is 10.2 Å². The molecule has 0 saturated carbocycles. The molecule has 0 radical (unpaired) electrons. The third kappa shape index (κ3) is 3.77. The predicted octanol–water partition coefficient (Wildman–Crippen LogP) is 5.02. The summed E-state index contributed by atoms with van der Waals surface area (Å²) in [5.74, 6) is 1.41. The minimum Gasteiger partial charge on any atom is -0.391 e. The van der Waals surface area contributed by atoms with Crippen molar-refractivity contribution in [2.45, 2.75) is 53.2 Å². The number of aliphatic hydroxyl groups is 1. The minimum atomic E-state index is -0.0623. The van der Waals surface area contributed by atoms with Crippen molar-refractivity contribution in [3.05, 3.63) is 76.0 Å². The lowest BCUT2D eigenvalue weighted by Gasteiger charge is -2.37. The summed E-state index contributed by atoms with van der Waals surface area (Å²) in [6.07, 6.45) is 1.71. The number of nitrogens with one attached hydrogen (secondary N) is 1. The largest absolute Gasteiger partial charge is 0.391 e. The number of fused-ring (bicyclic) bond motifs is 1. The van der Waals surface area contributed by atoms with Gasteiger partial charge in [0.2, 0.25) is 5.95 Å². The van der Waals surface area contributed by atoms with E-state index in [2.05, 4.69) is 80.4 Å². The van der Waals surface area contributed by atoms with Gasteiger partial charge in [0, 0.05) is 17.8 Å². The van der Waals surface area contributed by atoms with Crippen molar-refractivity contribution in [3.63, 3.8) is 0 Å². The van der Waals surface area contributed by atoms with Crippen molar-refractivity contribution in [3.8, 4) is 0 Å². The fraction of sp³-hybridized carbons (Fsp3) is 0.360. The van der Waals surface area contributed by atoms with E-state index in [0.29, 0.717) is 5.95 Å². The molecular formula is C25H30N4O. The summed E-state index contributed by atoms with van der Waals surface area (Å²) in [6, 6.07) is 15.1. The van der Waals surface area contributed by atoms with Gasteiger partial charge in [-0.05, 0) is 56.4 Å². The number of rotatable bonds is 5. The molecule has 2 heterocycles. The quantitative estimate of drug-likeness (QED) is 0.628. The summed E-state index contributed by atoms with van der Waals surface area (Å²) in [7, 11) is 0. The molecule has 30 heavy (non-hydrogen) atoms. The van der Waals surface area contributed by atoms with Crippen molar-refractivity contribution in [1.29, 1.82) is 0 Å². The van der Waals surface area contributed by atoms with Crippen LogP contribution in [0.5, 0.6) is 0 Å². The van der Waals surface area contributed by atoms with Crippen molar-refractivity contribution < 1.29 is 5.11 Å². The summed E-state index contributed by atoms with van der Waals surface area (Å²) in [5.41, 5.74) is 7.83. The molecule has 4 rings (SSSR count). The molecule has 0 saturated heterocycles. The molecule has 1 atom stereocenters. The molecule has 5 heteroatoms. The van der Waals surface area contributed by atoms with E-state index < -0.39 is 0 Å². The number of aromatic nitrogens is 2. The molecule has 0 spiro atoms. The van der Waals surface area contributed by atoms with Crippen molar-refractivity contribution in [2.24, 2.45) is 0 Å². The van der Waals surface area contributed by atoms with Gasteiger partial charge in [0.25, 0.3) is 0 Å². The Hall–Kier alpha value is -2.92. The smallest absolute Gasteiger partial charge is 0.229 e. The van der Waals surface area contributed by atoms with Gasteiger partial charge in [0.1, 0.15) is 5.82 Å². The highest BCUT2D eigenvalue weighted by molar-refractivity contribution is 5.62. The number of benzene rings is 2. The van der Waals surface area contributed by atoms with Crippen molar-refractivity contribution >= 4 is 17.5 Å². The second-order valence-corrected chi connectivity index (χ2v) is 8.07. The van der Waals surface area contributed by atoms with Crippen LogP contribution >= 0.6 is 0 Å². The molecule has 2 N–H and O–H groups in total. The third-order valence-corrected chi connectivity index (χ3v) is 6.06. The highest BCUT2D eigenvalue weighted by atomic mass is 16.3. The van der Waals surface area contributed by atoms with Gasteiger partial charge in [-0.15, -0.1) is 0 Å². The van der Waals surface area contributed by atoms with Crippen LogP contribution in [0.15, 0.2) is 42.5 Å². The van der Waals surface area contributed by atoms with Gasteiger partial charge < -0.3 is 15.3 Å². The Morgan fingerprint density at radius 3 is 2.67 bits per heavy atom. The van der Waals surface area contributed by atoms with Crippen LogP contribution in [0.4, 0.5) is 17.5 Å². The van der Waals surface area contributed by atoms with Gasteiger partial charge >= 0.3 is 0 Å². The summed E-state index contributed by atoms with van der Waals surface area (Å²) >= 11 is 0. The standard InChI is InChI=1S/C25H30N4O/c1-5-22-21(15-30)24(29-13-12-19-8-6-7-9-20(19)18(29)4)28-25(26-22)27-23-11-10-16(2)14-17(23)3/h6-11,14,18,30H,5,12-13,15H2,1-4H3,(H,26,27,28). The number of nitrogens with zero attached hydrogens (tertiary/aromatic N) is 3. The monoisotopic (exact) mass is 402 g/mol. The van der Waals surface area contributed by atoms with Crippen LogP contribution in [0.3, 0.4) is 0 Å². The molecule has 5 nitrogen and oxygen atoms in total. The highest BCUT2D eigenvalue weighted by Crippen LogP contribution is 2.36. The van der Waals surface area contributed by atoms with E-state index in [4.69, 9.17) is 9.97 Å². The van der Waals surface area contributed by atoms with Crippen molar-refractivity contribution in [2.75, 3.05) is 16.8 Å². The third-order valence-electron chi connectivity index (χ3n) is 6.06. The number of hydrogen-bond acceptors (Lipinski definition) is 5. The van der Waals surface area contributed by atoms with Crippen LogP contribution in [0.1, 0.15) is 53.4 Å². The van der Waals surface area contributed by atoms with Crippen molar-refractivity contribution in [1.82, 2.24) is 9.97 Å². The van der Waals surface area contributed by atoms with Crippen LogP contribution in [0.2, 0.25) is 0 Å². The molecule has 0 aliphatic carbocycles. The Kier molecular flexibility index (Phi) is 5.73. The molecule has 0 fully saturated rings. The normalized spacial score (nSPS) is 15.8. The molecule has 2 aromatic carbocycles. The van der Waals surface area contributed by atoms with Gasteiger partial charge in [-0.2, -0.15) is 4.98 Å². The highest BCUT2D eigenvalue weighted by Gasteiger charge is 2.28. The summed E-state index contributed by atoms with van der Waals surface area (Å²) in [4.78, 5) is 11.9. The SMILES string of the molecule is CCc1nc(Nc2ccc(C)cc2C)nc(N2CCc3ccccc3C2C)c1CO.